The van der Waals surface area contributed by atoms with Gasteiger partial charge in [0, 0.05) is 31.2 Å². The third-order valence-corrected chi connectivity index (χ3v) is 10.3. The molecule has 4 aromatic rings. The Labute approximate surface area is 303 Å². The Morgan fingerprint density at radius 1 is 0.720 bits per heavy atom. The van der Waals surface area contributed by atoms with Crippen molar-refractivity contribution in [1.29, 1.82) is 0 Å². The zero-order valence-electron chi connectivity index (χ0n) is 28.1. The lowest BCUT2D eigenvalue weighted by Gasteiger charge is -2.47. The molecule has 1 aliphatic heterocycles. The van der Waals surface area contributed by atoms with Crippen LogP contribution in [0.15, 0.2) is 96.0 Å². The molecule has 1 aliphatic carbocycles. The molecule has 2 atom stereocenters. The molecular formula is C41H43Cl2N5O2. The smallest absolute Gasteiger partial charge is 0.254 e. The summed E-state index contributed by atoms with van der Waals surface area (Å²) < 4.78 is 0. The first-order valence-corrected chi connectivity index (χ1v) is 18.1. The third-order valence-electron chi connectivity index (χ3n) is 9.60. The standard InChI is InChI=1S/C41H43Cl2N5O2/c42-37-19-18-33(25-38(37)43)32-13-8-14-34(24-32)40(50)48-27-36(22-28-9-2-1-3-10-28)47(26-35(48)15-6-7-20-46-41(44)45)39(49)23-29-16-17-30-11-4-5-12-31(30)21-29/h1-3,8-14,16-19,21,24-25,35-36H,4-7,15,20,22-23,26-27H2,(H4,44,45,46)/t35?,36-/m1/s1. The van der Waals surface area contributed by atoms with E-state index in [1.807, 2.05) is 64.4 Å². The molecular weight excluding hydrogens is 665 g/mol. The van der Waals surface area contributed by atoms with E-state index in [-0.39, 0.29) is 29.9 Å². The van der Waals surface area contributed by atoms with E-state index in [0.717, 1.165) is 47.9 Å². The molecule has 1 unspecified atom stereocenters. The molecule has 0 bridgehead atoms. The number of hydrogen-bond donors (Lipinski definition) is 2. The van der Waals surface area contributed by atoms with Crippen molar-refractivity contribution in [2.45, 2.75) is 57.0 Å². The molecule has 0 saturated carbocycles. The molecule has 50 heavy (non-hydrogen) atoms. The van der Waals surface area contributed by atoms with Gasteiger partial charge < -0.3 is 21.3 Å². The van der Waals surface area contributed by atoms with Crippen LogP contribution in [0.3, 0.4) is 0 Å². The summed E-state index contributed by atoms with van der Waals surface area (Å²) in [4.78, 5) is 36.9. The number of piperazine rings is 1. The van der Waals surface area contributed by atoms with Gasteiger partial charge in [-0.05, 0) is 95.5 Å². The first-order valence-electron chi connectivity index (χ1n) is 17.3. The van der Waals surface area contributed by atoms with Crippen LogP contribution in [-0.2, 0) is 17.6 Å². The van der Waals surface area contributed by atoms with Crippen LogP contribution in [0.5, 0.6) is 0 Å². The van der Waals surface area contributed by atoms with E-state index < -0.39 is 0 Å². The Hall–Kier alpha value is -4.59. The van der Waals surface area contributed by atoms with Crippen molar-refractivity contribution in [1.82, 2.24) is 9.80 Å². The van der Waals surface area contributed by atoms with Gasteiger partial charge in [0.25, 0.3) is 5.91 Å². The van der Waals surface area contributed by atoms with Crippen LogP contribution < -0.4 is 21.9 Å². The fourth-order valence-corrected chi connectivity index (χ4v) is 7.33. The van der Waals surface area contributed by atoms with Crippen molar-refractivity contribution >= 4 is 53.1 Å². The highest BCUT2D eigenvalue weighted by Crippen LogP contribution is 2.30. The number of halogens is 2. The number of unbranched alkanes of at least 4 members (excludes halogenated alkanes) is 1. The Morgan fingerprint density at radius 3 is 2.26 bits per heavy atom. The van der Waals surface area contributed by atoms with Crippen LogP contribution in [0.2, 0.25) is 10.0 Å². The fraction of sp³-hybridized carbons (Fsp3) is 0.293. The molecule has 0 radical (unpaired) electrons. The Balaban J connectivity index is 1.30. The number of carbonyl (C=O) groups excluding carboxylic acids is 2. The van der Waals surface area contributed by atoms with Gasteiger partial charge in [-0.3, -0.25) is 14.6 Å². The maximum Gasteiger partial charge on any atom is 0.254 e. The Morgan fingerprint density at radius 2 is 1.48 bits per heavy atom. The molecule has 6 rings (SSSR count). The summed E-state index contributed by atoms with van der Waals surface area (Å²) in [5, 5.41) is 3.36. The second-order valence-electron chi connectivity index (χ2n) is 13.1. The van der Waals surface area contributed by atoms with Gasteiger partial charge in [-0.1, -0.05) is 102 Å². The lowest BCUT2D eigenvalue weighted by Crippen LogP contribution is -2.62. The minimum Gasteiger partial charge on any atom is -0.370 e. The SMILES string of the molecule is NC(N)=NCCCCC1CN(C(=O)Cc2ccc3c(c2)=CCCC=3)[C@H](Cc2ccccc2)CN1C(=O)c1cccc(-c2ccc(Cl)c(Cl)c2)c1. The molecule has 1 saturated heterocycles. The number of benzene rings is 4. The van der Waals surface area contributed by atoms with Gasteiger partial charge in [0.1, 0.15) is 0 Å². The number of nitrogens with two attached hydrogens (primary N) is 2. The predicted octanol–water partition coefficient (Wildman–Crippen LogP) is 5.97. The van der Waals surface area contributed by atoms with E-state index in [9.17, 15) is 9.59 Å². The van der Waals surface area contributed by atoms with Crippen molar-refractivity contribution in [2.24, 2.45) is 16.5 Å². The van der Waals surface area contributed by atoms with Crippen LogP contribution in [0.4, 0.5) is 0 Å². The number of aliphatic imine (C=N–C) groups is 1. The number of nitrogens with zero attached hydrogens (tertiary/aromatic N) is 3. The number of carbonyl (C=O) groups is 2. The lowest BCUT2D eigenvalue weighted by atomic mass is 9.94. The van der Waals surface area contributed by atoms with Gasteiger partial charge in [-0.2, -0.15) is 0 Å². The molecule has 2 aliphatic rings. The number of guanidine groups is 1. The van der Waals surface area contributed by atoms with Crippen LogP contribution in [0.25, 0.3) is 23.3 Å². The van der Waals surface area contributed by atoms with Gasteiger partial charge in [-0.25, -0.2) is 0 Å². The topological polar surface area (TPSA) is 105 Å². The van der Waals surface area contributed by atoms with Crippen LogP contribution >= 0.6 is 23.2 Å². The molecule has 1 heterocycles. The Bertz CT molecular complexity index is 1990. The highest BCUT2D eigenvalue weighted by Gasteiger charge is 2.38. The maximum atomic E-state index is 14.5. The summed E-state index contributed by atoms with van der Waals surface area (Å²) in [5.41, 5.74) is 15.6. The van der Waals surface area contributed by atoms with E-state index in [1.165, 1.54) is 10.4 Å². The number of fused-ring (bicyclic) bond motifs is 1. The van der Waals surface area contributed by atoms with Crippen molar-refractivity contribution in [2.75, 3.05) is 19.6 Å². The van der Waals surface area contributed by atoms with Gasteiger partial charge in [0.2, 0.25) is 5.91 Å². The Kier molecular flexibility index (Phi) is 11.6. The van der Waals surface area contributed by atoms with E-state index in [1.54, 1.807) is 6.07 Å². The minimum atomic E-state index is -0.192. The number of hydrogen-bond acceptors (Lipinski definition) is 3. The molecule has 1 fully saturated rings. The molecule has 4 N–H and O–H groups in total. The van der Waals surface area contributed by atoms with Gasteiger partial charge >= 0.3 is 0 Å². The van der Waals surface area contributed by atoms with Crippen molar-refractivity contribution in [3.05, 3.63) is 128 Å². The summed E-state index contributed by atoms with van der Waals surface area (Å²) in [6, 6.07) is 29.2. The van der Waals surface area contributed by atoms with Gasteiger partial charge in [0.15, 0.2) is 5.96 Å². The lowest BCUT2D eigenvalue weighted by molar-refractivity contribution is -0.136. The predicted molar refractivity (Wildman–Crippen MR) is 204 cm³/mol. The van der Waals surface area contributed by atoms with Gasteiger partial charge in [-0.15, -0.1) is 0 Å². The molecule has 258 valence electrons. The normalized spacial score (nSPS) is 16.9. The molecule has 9 heteroatoms. The maximum absolute atomic E-state index is 14.5. The zero-order chi connectivity index (χ0) is 35.0. The second kappa shape index (κ2) is 16.4. The van der Waals surface area contributed by atoms with Crippen molar-refractivity contribution < 1.29 is 9.59 Å². The minimum absolute atomic E-state index is 0.0623. The summed E-state index contributed by atoms with van der Waals surface area (Å²) in [5.74, 6) is 0.0807. The van der Waals surface area contributed by atoms with E-state index in [4.69, 9.17) is 34.7 Å². The highest BCUT2D eigenvalue weighted by atomic mass is 35.5. The van der Waals surface area contributed by atoms with Crippen LogP contribution in [0.1, 0.15) is 53.6 Å². The molecule has 0 aromatic heterocycles. The van der Waals surface area contributed by atoms with E-state index in [2.05, 4.69) is 47.5 Å². The monoisotopic (exact) mass is 707 g/mol. The number of amides is 2. The largest absolute Gasteiger partial charge is 0.370 e. The van der Waals surface area contributed by atoms with Crippen molar-refractivity contribution in [3.63, 3.8) is 0 Å². The average molecular weight is 709 g/mol. The third kappa shape index (κ3) is 8.76. The summed E-state index contributed by atoms with van der Waals surface area (Å²) >= 11 is 12.5. The first kappa shape index (κ1) is 35.2. The zero-order valence-corrected chi connectivity index (χ0v) is 29.6. The fourth-order valence-electron chi connectivity index (χ4n) is 7.04. The summed E-state index contributed by atoms with van der Waals surface area (Å²) in [6.45, 7) is 1.38. The first-order chi connectivity index (χ1) is 24.2. The van der Waals surface area contributed by atoms with Crippen LogP contribution in [0, 0.1) is 0 Å². The second-order valence-corrected chi connectivity index (χ2v) is 14.0. The summed E-state index contributed by atoms with van der Waals surface area (Å²) in [6.07, 6.45) is 9.80. The quantitative estimate of drug-likeness (QED) is 0.114. The number of rotatable bonds is 11. The molecule has 2 amide bonds. The average Bonchev–Trinajstić information content (AvgIpc) is 3.13. The molecule has 0 spiro atoms. The summed E-state index contributed by atoms with van der Waals surface area (Å²) in [7, 11) is 0. The molecule has 4 aromatic carbocycles. The highest BCUT2D eigenvalue weighted by molar-refractivity contribution is 6.42. The van der Waals surface area contributed by atoms with E-state index >= 15 is 0 Å². The van der Waals surface area contributed by atoms with Gasteiger partial charge in [0.05, 0.1) is 22.5 Å². The van der Waals surface area contributed by atoms with Crippen LogP contribution in [-0.4, -0.2) is 59.3 Å². The molecule has 7 nitrogen and oxygen atoms in total. The van der Waals surface area contributed by atoms with Crippen molar-refractivity contribution in [3.8, 4) is 11.1 Å². The van der Waals surface area contributed by atoms with E-state index in [0.29, 0.717) is 54.5 Å².